The van der Waals surface area contributed by atoms with Crippen LogP contribution in [0.2, 0.25) is 5.02 Å². The first-order chi connectivity index (χ1) is 10.2. The van der Waals surface area contributed by atoms with Crippen molar-refractivity contribution in [3.63, 3.8) is 0 Å². The molecule has 0 saturated carbocycles. The number of rotatable bonds is 7. The molecule has 2 rings (SSSR count). The summed E-state index contributed by atoms with van der Waals surface area (Å²) in [5, 5.41) is 4.20. The molecule has 3 nitrogen and oxygen atoms in total. The lowest BCUT2D eigenvalue weighted by Gasteiger charge is -2.13. The van der Waals surface area contributed by atoms with Gasteiger partial charge in [0.15, 0.2) is 11.5 Å². The number of hydrogen-bond acceptors (Lipinski definition) is 3. The largest absolute Gasteiger partial charge is 0.493 e. The van der Waals surface area contributed by atoms with Gasteiger partial charge in [0.05, 0.1) is 14.2 Å². The van der Waals surface area contributed by atoms with E-state index in [1.54, 1.807) is 14.2 Å². The molecular formula is C17H20ClNO2. The molecule has 0 aliphatic rings. The molecule has 0 atom stereocenters. The molecule has 0 amide bonds. The van der Waals surface area contributed by atoms with E-state index in [-0.39, 0.29) is 0 Å². The Kier molecular flexibility index (Phi) is 5.90. The summed E-state index contributed by atoms with van der Waals surface area (Å²) in [5.74, 6) is 1.54. The molecule has 112 valence electrons. The molecule has 0 bridgehead atoms. The summed E-state index contributed by atoms with van der Waals surface area (Å²) in [6, 6.07) is 13.8. The number of benzene rings is 2. The smallest absolute Gasteiger partial charge is 0.165 e. The molecule has 4 heteroatoms. The molecule has 0 aliphatic heterocycles. The van der Waals surface area contributed by atoms with Gasteiger partial charge in [-0.05, 0) is 36.7 Å². The quantitative estimate of drug-likeness (QED) is 0.791. The number of hydrogen-bond donors (Lipinski definition) is 1. The van der Waals surface area contributed by atoms with Crippen molar-refractivity contribution < 1.29 is 9.47 Å². The average molecular weight is 306 g/mol. The van der Waals surface area contributed by atoms with Crippen molar-refractivity contribution in [1.29, 1.82) is 0 Å². The molecule has 2 aromatic rings. The summed E-state index contributed by atoms with van der Waals surface area (Å²) in [6.45, 7) is 1.61. The fraction of sp³-hybridized carbons (Fsp3) is 0.294. The highest BCUT2D eigenvalue weighted by molar-refractivity contribution is 6.30. The third-order valence-corrected chi connectivity index (χ3v) is 3.51. The zero-order valence-electron chi connectivity index (χ0n) is 12.4. The van der Waals surface area contributed by atoms with Crippen LogP contribution in [0, 0.1) is 0 Å². The molecule has 0 unspecified atom stereocenters. The summed E-state index contributed by atoms with van der Waals surface area (Å²) >= 11 is 5.98. The monoisotopic (exact) mass is 305 g/mol. The maximum absolute atomic E-state index is 5.98. The van der Waals surface area contributed by atoms with E-state index in [0.717, 1.165) is 41.6 Å². The molecule has 0 aromatic heterocycles. The Morgan fingerprint density at radius 3 is 2.57 bits per heavy atom. The minimum atomic E-state index is 0.737. The number of halogens is 1. The zero-order chi connectivity index (χ0) is 15.1. The van der Waals surface area contributed by atoms with Crippen LogP contribution in [0.25, 0.3) is 0 Å². The summed E-state index contributed by atoms with van der Waals surface area (Å²) in [4.78, 5) is 0. The standard InChI is InChI=1S/C17H20ClNO2/c1-20-16-8-4-6-14(17(16)21-2)12-19-10-9-13-5-3-7-15(18)11-13/h3-8,11,19H,9-10,12H2,1-2H3. The Labute approximate surface area is 130 Å². The summed E-state index contributed by atoms with van der Waals surface area (Å²) in [5.41, 5.74) is 2.32. The van der Waals surface area contributed by atoms with Gasteiger partial charge in [0, 0.05) is 17.1 Å². The van der Waals surface area contributed by atoms with Gasteiger partial charge in [-0.1, -0.05) is 35.9 Å². The predicted octanol–water partition coefficient (Wildman–Crippen LogP) is 3.69. The minimum absolute atomic E-state index is 0.737. The van der Waals surface area contributed by atoms with Crippen LogP contribution in [0.15, 0.2) is 42.5 Å². The molecule has 21 heavy (non-hydrogen) atoms. The summed E-state index contributed by atoms with van der Waals surface area (Å²) < 4.78 is 10.7. The molecule has 0 fully saturated rings. The SMILES string of the molecule is COc1cccc(CNCCc2cccc(Cl)c2)c1OC. The minimum Gasteiger partial charge on any atom is -0.493 e. The molecule has 0 saturated heterocycles. The van der Waals surface area contributed by atoms with Gasteiger partial charge in [0.1, 0.15) is 0 Å². The number of para-hydroxylation sites is 1. The number of ether oxygens (including phenoxy) is 2. The summed E-state index contributed by atoms with van der Waals surface area (Å²) in [6.07, 6.45) is 0.937. The second-order valence-electron chi connectivity index (χ2n) is 4.71. The number of nitrogens with one attached hydrogen (secondary N) is 1. The van der Waals surface area contributed by atoms with Crippen molar-refractivity contribution in [3.05, 3.63) is 58.6 Å². The highest BCUT2D eigenvalue weighted by atomic mass is 35.5. The van der Waals surface area contributed by atoms with Crippen molar-refractivity contribution in [2.45, 2.75) is 13.0 Å². The lowest BCUT2D eigenvalue weighted by Crippen LogP contribution is -2.17. The predicted molar refractivity (Wildman–Crippen MR) is 86.4 cm³/mol. The molecule has 0 radical (unpaired) electrons. The first-order valence-corrected chi connectivity index (χ1v) is 7.27. The van der Waals surface area contributed by atoms with E-state index >= 15 is 0 Å². The fourth-order valence-electron chi connectivity index (χ4n) is 2.24. The van der Waals surface area contributed by atoms with E-state index in [2.05, 4.69) is 11.4 Å². The topological polar surface area (TPSA) is 30.5 Å². The first kappa shape index (κ1) is 15.7. The van der Waals surface area contributed by atoms with E-state index in [1.807, 2.05) is 36.4 Å². The Hall–Kier alpha value is -1.71. The van der Waals surface area contributed by atoms with Crippen LogP contribution in [0.1, 0.15) is 11.1 Å². The van der Waals surface area contributed by atoms with Gasteiger partial charge in [-0.25, -0.2) is 0 Å². The number of methoxy groups -OCH3 is 2. The maximum atomic E-state index is 5.98. The Balaban J connectivity index is 1.89. The molecule has 0 heterocycles. The van der Waals surface area contributed by atoms with E-state index in [0.29, 0.717) is 0 Å². The van der Waals surface area contributed by atoms with Gasteiger partial charge in [0.25, 0.3) is 0 Å². The Bertz CT molecular complexity index is 587. The highest BCUT2D eigenvalue weighted by Crippen LogP contribution is 2.30. The van der Waals surface area contributed by atoms with Crippen molar-refractivity contribution in [3.8, 4) is 11.5 Å². The average Bonchev–Trinajstić information content (AvgIpc) is 2.51. The lowest BCUT2D eigenvalue weighted by atomic mass is 10.1. The molecule has 1 N–H and O–H groups in total. The third-order valence-electron chi connectivity index (χ3n) is 3.28. The van der Waals surface area contributed by atoms with E-state index in [9.17, 15) is 0 Å². The second-order valence-corrected chi connectivity index (χ2v) is 5.15. The highest BCUT2D eigenvalue weighted by Gasteiger charge is 2.08. The Morgan fingerprint density at radius 1 is 1.05 bits per heavy atom. The first-order valence-electron chi connectivity index (χ1n) is 6.89. The van der Waals surface area contributed by atoms with Crippen LogP contribution in [-0.4, -0.2) is 20.8 Å². The van der Waals surface area contributed by atoms with Crippen molar-refractivity contribution in [2.24, 2.45) is 0 Å². The van der Waals surface area contributed by atoms with Crippen LogP contribution < -0.4 is 14.8 Å². The normalized spacial score (nSPS) is 10.4. The lowest BCUT2D eigenvalue weighted by molar-refractivity contribution is 0.350. The van der Waals surface area contributed by atoms with Gasteiger partial charge in [-0.15, -0.1) is 0 Å². The van der Waals surface area contributed by atoms with E-state index in [1.165, 1.54) is 5.56 Å². The van der Waals surface area contributed by atoms with Crippen LogP contribution in [0.5, 0.6) is 11.5 Å². The second kappa shape index (κ2) is 7.91. The third kappa shape index (κ3) is 4.38. The van der Waals surface area contributed by atoms with Crippen LogP contribution >= 0.6 is 11.6 Å². The molecular weight excluding hydrogens is 286 g/mol. The molecule has 0 spiro atoms. The van der Waals surface area contributed by atoms with E-state index in [4.69, 9.17) is 21.1 Å². The Morgan fingerprint density at radius 2 is 1.86 bits per heavy atom. The fourth-order valence-corrected chi connectivity index (χ4v) is 2.45. The van der Waals surface area contributed by atoms with Crippen molar-refractivity contribution in [1.82, 2.24) is 5.32 Å². The van der Waals surface area contributed by atoms with Crippen molar-refractivity contribution in [2.75, 3.05) is 20.8 Å². The zero-order valence-corrected chi connectivity index (χ0v) is 13.1. The maximum Gasteiger partial charge on any atom is 0.165 e. The van der Waals surface area contributed by atoms with Crippen molar-refractivity contribution >= 4 is 11.6 Å². The van der Waals surface area contributed by atoms with Gasteiger partial charge in [-0.3, -0.25) is 0 Å². The van der Waals surface area contributed by atoms with E-state index < -0.39 is 0 Å². The van der Waals surface area contributed by atoms with Crippen LogP contribution in [-0.2, 0) is 13.0 Å². The van der Waals surface area contributed by atoms with Crippen LogP contribution in [0.4, 0.5) is 0 Å². The van der Waals surface area contributed by atoms with Crippen LogP contribution in [0.3, 0.4) is 0 Å². The summed E-state index contributed by atoms with van der Waals surface area (Å²) in [7, 11) is 3.31. The molecule has 2 aromatic carbocycles. The van der Waals surface area contributed by atoms with Gasteiger partial charge in [-0.2, -0.15) is 0 Å². The van der Waals surface area contributed by atoms with Gasteiger partial charge in [0.2, 0.25) is 0 Å². The van der Waals surface area contributed by atoms with Gasteiger partial charge < -0.3 is 14.8 Å². The molecule has 0 aliphatic carbocycles. The van der Waals surface area contributed by atoms with Gasteiger partial charge >= 0.3 is 0 Å².